The molecule has 0 aliphatic carbocycles. The highest BCUT2D eigenvalue weighted by Crippen LogP contribution is 2.27. The molecule has 0 saturated carbocycles. The molecule has 2 amide bonds. The van der Waals surface area contributed by atoms with E-state index in [2.05, 4.69) is 5.32 Å². The van der Waals surface area contributed by atoms with Crippen LogP contribution in [0.4, 0.5) is 10.5 Å². The summed E-state index contributed by atoms with van der Waals surface area (Å²) in [6.07, 6.45) is 0.0512. The number of aliphatic carboxylic acids is 1. The molecule has 0 aliphatic rings. The molecular formula is C12H16N2O3. The van der Waals surface area contributed by atoms with Crippen LogP contribution in [-0.4, -0.2) is 17.1 Å². The Morgan fingerprint density at radius 1 is 1.29 bits per heavy atom. The third-order valence-electron chi connectivity index (χ3n) is 2.53. The molecule has 92 valence electrons. The molecule has 17 heavy (non-hydrogen) atoms. The van der Waals surface area contributed by atoms with Crippen molar-refractivity contribution in [2.24, 2.45) is 5.73 Å². The molecule has 0 bridgehead atoms. The Morgan fingerprint density at radius 3 is 2.24 bits per heavy atom. The average Bonchev–Trinajstić information content (AvgIpc) is 2.15. The van der Waals surface area contributed by atoms with E-state index in [9.17, 15) is 9.59 Å². The summed E-state index contributed by atoms with van der Waals surface area (Å²) in [5.41, 5.74) is 6.03. The first-order chi connectivity index (χ1) is 7.81. The lowest BCUT2D eigenvalue weighted by molar-refractivity contribution is -0.138. The Morgan fingerprint density at radius 2 is 1.82 bits per heavy atom. The average molecular weight is 236 g/mol. The fourth-order valence-corrected chi connectivity index (χ4v) is 1.63. The second-order valence-corrected chi connectivity index (χ2v) is 4.52. The summed E-state index contributed by atoms with van der Waals surface area (Å²) in [6, 6.07) is 6.35. The van der Waals surface area contributed by atoms with Crippen molar-refractivity contribution >= 4 is 17.7 Å². The smallest absolute Gasteiger partial charge is 0.316 e. The Hall–Kier alpha value is -2.04. The number of carbonyl (C=O) groups excluding carboxylic acids is 1. The van der Waals surface area contributed by atoms with Crippen LogP contribution in [0.1, 0.15) is 25.8 Å². The lowest BCUT2D eigenvalue weighted by atomic mass is 9.81. The molecular weight excluding hydrogens is 220 g/mol. The zero-order valence-corrected chi connectivity index (χ0v) is 9.86. The van der Waals surface area contributed by atoms with Gasteiger partial charge >= 0.3 is 12.0 Å². The number of carboxylic acid groups (broad SMARTS) is 1. The molecule has 0 aromatic heterocycles. The van der Waals surface area contributed by atoms with Crippen LogP contribution in [0.5, 0.6) is 0 Å². The zero-order chi connectivity index (χ0) is 13.1. The normalized spacial score (nSPS) is 10.9. The minimum Gasteiger partial charge on any atom is -0.481 e. The largest absolute Gasteiger partial charge is 0.481 e. The van der Waals surface area contributed by atoms with Gasteiger partial charge in [0.2, 0.25) is 0 Å². The Labute approximate surface area is 99.6 Å². The fraction of sp³-hybridized carbons (Fsp3) is 0.333. The van der Waals surface area contributed by atoms with Crippen LogP contribution in [0.2, 0.25) is 0 Å². The van der Waals surface area contributed by atoms with E-state index in [0.717, 1.165) is 5.56 Å². The first kappa shape index (κ1) is 13.0. The predicted octanol–water partition coefficient (Wildman–Crippen LogP) is 1.93. The maximum atomic E-state index is 10.7. The van der Waals surface area contributed by atoms with Crippen LogP contribution in [0.3, 0.4) is 0 Å². The minimum absolute atomic E-state index is 0.0512. The number of primary amides is 1. The standard InChI is InChI=1S/C12H16N2O3/c1-12(2,7-10(15)16)8-3-5-9(6-4-8)14-11(13)17/h3-6H,7H2,1-2H3,(H,15,16)(H3,13,14,17). The van der Waals surface area contributed by atoms with E-state index >= 15 is 0 Å². The highest BCUT2D eigenvalue weighted by Gasteiger charge is 2.23. The first-order valence-corrected chi connectivity index (χ1v) is 5.20. The van der Waals surface area contributed by atoms with Gasteiger partial charge in [-0.05, 0) is 17.7 Å². The number of carboxylic acids is 1. The molecule has 1 aromatic carbocycles. The topological polar surface area (TPSA) is 92.4 Å². The molecule has 0 spiro atoms. The van der Waals surface area contributed by atoms with E-state index in [0.29, 0.717) is 5.69 Å². The molecule has 1 aromatic rings. The van der Waals surface area contributed by atoms with Gasteiger partial charge < -0.3 is 16.2 Å². The van der Waals surface area contributed by atoms with Gasteiger partial charge in [-0.2, -0.15) is 0 Å². The molecule has 0 saturated heterocycles. The summed E-state index contributed by atoms with van der Waals surface area (Å²) in [5, 5.41) is 11.3. The zero-order valence-electron chi connectivity index (χ0n) is 9.86. The van der Waals surface area contributed by atoms with Gasteiger partial charge in [-0.3, -0.25) is 4.79 Å². The van der Waals surface area contributed by atoms with Gasteiger partial charge in [0.05, 0.1) is 6.42 Å². The fourth-order valence-electron chi connectivity index (χ4n) is 1.63. The lowest BCUT2D eigenvalue weighted by Gasteiger charge is -2.23. The number of nitrogens with one attached hydrogen (secondary N) is 1. The Balaban J connectivity index is 2.86. The van der Waals surface area contributed by atoms with Crippen molar-refractivity contribution in [3.8, 4) is 0 Å². The SMILES string of the molecule is CC(C)(CC(=O)O)c1ccc(NC(N)=O)cc1. The molecule has 0 aliphatic heterocycles. The van der Waals surface area contributed by atoms with Crippen LogP contribution < -0.4 is 11.1 Å². The number of rotatable bonds is 4. The molecule has 5 nitrogen and oxygen atoms in total. The molecule has 0 radical (unpaired) electrons. The maximum absolute atomic E-state index is 10.7. The van der Waals surface area contributed by atoms with Crippen molar-refractivity contribution in [3.05, 3.63) is 29.8 Å². The predicted molar refractivity (Wildman–Crippen MR) is 64.9 cm³/mol. The van der Waals surface area contributed by atoms with Gasteiger partial charge in [0.15, 0.2) is 0 Å². The van der Waals surface area contributed by atoms with Gasteiger partial charge in [-0.25, -0.2) is 4.79 Å². The molecule has 1 rings (SSSR count). The number of urea groups is 1. The second kappa shape index (κ2) is 4.86. The van der Waals surface area contributed by atoms with E-state index in [4.69, 9.17) is 10.8 Å². The van der Waals surface area contributed by atoms with E-state index in [1.807, 2.05) is 13.8 Å². The molecule has 0 unspecified atom stereocenters. The summed E-state index contributed by atoms with van der Waals surface area (Å²) in [5.74, 6) is -0.839. The summed E-state index contributed by atoms with van der Waals surface area (Å²) >= 11 is 0. The number of nitrogens with two attached hydrogens (primary N) is 1. The monoisotopic (exact) mass is 236 g/mol. The van der Waals surface area contributed by atoms with Gasteiger partial charge in [-0.1, -0.05) is 26.0 Å². The number of benzene rings is 1. The number of hydrogen-bond donors (Lipinski definition) is 3. The maximum Gasteiger partial charge on any atom is 0.316 e. The summed E-state index contributed by atoms with van der Waals surface area (Å²) in [6.45, 7) is 3.72. The third-order valence-corrected chi connectivity index (χ3v) is 2.53. The van der Waals surface area contributed by atoms with Crippen LogP contribution in [0.25, 0.3) is 0 Å². The molecule has 4 N–H and O–H groups in total. The van der Waals surface area contributed by atoms with E-state index in [1.54, 1.807) is 24.3 Å². The first-order valence-electron chi connectivity index (χ1n) is 5.20. The molecule has 5 heteroatoms. The Kier molecular flexibility index (Phi) is 3.73. The van der Waals surface area contributed by atoms with Crippen LogP contribution in [0.15, 0.2) is 24.3 Å². The lowest BCUT2D eigenvalue weighted by Crippen LogP contribution is -2.22. The molecule has 0 atom stereocenters. The third kappa shape index (κ3) is 3.79. The van der Waals surface area contributed by atoms with Gasteiger partial charge in [0.1, 0.15) is 0 Å². The number of anilines is 1. The number of carbonyl (C=O) groups is 2. The molecule has 0 fully saturated rings. The van der Waals surface area contributed by atoms with E-state index in [-0.39, 0.29) is 6.42 Å². The second-order valence-electron chi connectivity index (χ2n) is 4.52. The van der Waals surface area contributed by atoms with Gasteiger partial charge in [-0.15, -0.1) is 0 Å². The minimum atomic E-state index is -0.839. The summed E-state index contributed by atoms with van der Waals surface area (Å²) < 4.78 is 0. The van der Waals surface area contributed by atoms with Crippen LogP contribution in [0, 0.1) is 0 Å². The van der Waals surface area contributed by atoms with Crippen molar-refractivity contribution < 1.29 is 14.7 Å². The highest BCUT2D eigenvalue weighted by atomic mass is 16.4. The summed E-state index contributed by atoms with van der Waals surface area (Å²) in [4.78, 5) is 21.4. The van der Waals surface area contributed by atoms with Crippen LogP contribution in [-0.2, 0) is 10.2 Å². The van der Waals surface area contributed by atoms with Crippen LogP contribution >= 0.6 is 0 Å². The van der Waals surface area contributed by atoms with Crippen molar-refractivity contribution in [1.29, 1.82) is 0 Å². The van der Waals surface area contributed by atoms with Crippen molar-refractivity contribution in [2.45, 2.75) is 25.7 Å². The number of amides is 2. The van der Waals surface area contributed by atoms with Crippen molar-refractivity contribution in [3.63, 3.8) is 0 Å². The van der Waals surface area contributed by atoms with E-state index in [1.165, 1.54) is 0 Å². The van der Waals surface area contributed by atoms with Gasteiger partial charge in [0.25, 0.3) is 0 Å². The molecule has 0 heterocycles. The van der Waals surface area contributed by atoms with Gasteiger partial charge in [0, 0.05) is 11.1 Å². The quantitative estimate of drug-likeness (QED) is 0.745. The van der Waals surface area contributed by atoms with E-state index < -0.39 is 17.4 Å². The van der Waals surface area contributed by atoms with Crippen molar-refractivity contribution in [2.75, 3.05) is 5.32 Å². The van der Waals surface area contributed by atoms with Crippen molar-refractivity contribution in [1.82, 2.24) is 0 Å². The number of hydrogen-bond acceptors (Lipinski definition) is 2. The Bertz CT molecular complexity index is 424. The highest BCUT2D eigenvalue weighted by molar-refractivity contribution is 5.87. The summed E-state index contributed by atoms with van der Waals surface area (Å²) in [7, 11) is 0.